The monoisotopic (exact) mass is 245 g/mol. The third-order valence-electron chi connectivity index (χ3n) is 3.56. The average Bonchev–Trinajstić information content (AvgIpc) is 2.84. The van der Waals surface area contributed by atoms with Crippen molar-refractivity contribution in [3.8, 4) is 6.07 Å². The van der Waals surface area contributed by atoms with E-state index in [1.54, 1.807) is 0 Å². The third kappa shape index (κ3) is 3.51. The molecule has 1 fully saturated rings. The maximum atomic E-state index is 8.82. The van der Waals surface area contributed by atoms with E-state index < -0.39 is 0 Å². The van der Waals surface area contributed by atoms with Crippen LogP contribution in [0.2, 0.25) is 0 Å². The second kappa shape index (κ2) is 6.12. The van der Waals surface area contributed by atoms with Crippen molar-refractivity contribution in [2.45, 2.75) is 38.4 Å². The van der Waals surface area contributed by atoms with Crippen LogP contribution < -0.4 is 0 Å². The van der Waals surface area contributed by atoms with Gasteiger partial charge in [-0.2, -0.15) is 17.0 Å². The minimum Gasteiger partial charge on any atom is -0.192 e. The molecule has 1 aromatic rings. The van der Waals surface area contributed by atoms with Crippen molar-refractivity contribution in [3.05, 3.63) is 34.9 Å². The maximum Gasteiger partial charge on any atom is 0.0991 e. The SMILES string of the molecule is Cc1cc(C#N)ccc1CSCC1CCCC1. The normalized spacial score (nSPS) is 16.0. The van der Waals surface area contributed by atoms with Gasteiger partial charge in [0.05, 0.1) is 11.6 Å². The number of benzene rings is 1. The molecule has 1 aliphatic rings. The average molecular weight is 245 g/mol. The van der Waals surface area contributed by atoms with Crippen molar-refractivity contribution in [1.29, 1.82) is 5.26 Å². The van der Waals surface area contributed by atoms with Gasteiger partial charge in [0.25, 0.3) is 0 Å². The quantitative estimate of drug-likeness (QED) is 0.790. The molecule has 0 bridgehead atoms. The van der Waals surface area contributed by atoms with E-state index in [1.807, 2.05) is 23.9 Å². The number of thioether (sulfide) groups is 1. The van der Waals surface area contributed by atoms with E-state index in [0.29, 0.717) is 0 Å². The van der Waals surface area contributed by atoms with Crippen molar-refractivity contribution in [3.63, 3.8) is 0 Å². The van der Waals surface area contributed by atoms with Crippen molar-refractivity contribution in [2.75, 3.05) is 5.75 Å². The topological polar surface area (TPSA) is 23.8 Å². The molecule has 90 valence electrons. The lowest BCUT2D eigenvalue weighted by Crippen LogP contribution is -1.97. The van der Waals surface area contributed by atoms with Gasteiger partial charge >= 0.3 is 0 Å². The lowest BCUT2D eigenvalue weighted by molar-refractivity contribution is 0.623. The van der Waals surface area contributed by atoms with Crippen LogP contribution in [-0.2, 0) is 5.75 Å². The van der Waals surface area contributed by atoms with E-state index >= 15 is 0 Å². The van der Waals surface area contributed by atoms with Gasteiger partial charge in [0.1, 0.15) is 0 Å². The second-order valence-electron chi connectivity index (χ2n) is 4.92. The van der Waals surface area contributed by atoms with E-state index in [0.717, 1.165) is 17.2 Å². The summed E-state index contributed by atoms with van der Waals surface area (Å²) in [5.41, 5.74) is 3.40. The molecule has 0 spiro atoms. The number of hydrogen-bond donors (Lipinski definition) is 0. The van der Waals surface area contributed by atoms with Crippen LogP contribution in [0.1, 0.15) is 42.4 Å². The van der Waals surface area contributed by atoms with Gasteiger partial charge in [-0.1, -0.05) is 18.9 Å². The zero-order valence-corrected chi connectivity index (χ0v) is 11.2. The molecule has 0 saturated heterocycles. The van der Waals surface area contributed by atoms with Crippen LogP contribution in [0.3, 0.4) is 0 Å². The Bertz CT molecular complexity index is 413. The molecular weight excluding hydrogens is 226 g/mol. The molecule has 0 amide bonds. The van der Waals surface area contributed by atoms with E-state index in [2.05, 4.69) is 19.1 Å². The fourth-order valence-corrected chi connectivity index (χ4v) is 3.77. The molecule has 0 aromatic heterocycles. The smallest absolute Gasteiger partial charge is 0.0991 e. The molecule has 0 N–H and O–H groups in total. The zero-order chi connectivity index (χ0) is 12.1. The van der Waals surface area contributed by atoms with Gasteiger partial charge < -0.3 is 0 Å². The fourth-order valence-electron chi connectivity index (χ4n) is 2.44. The summed E-state index contributed by atoms with van der Waals surface area (Å²) in [5.74, 6) is 3.35. The maximum absolute atomic E-state index is 8.82. The largest absolute Gasteiger partial charge is 0.192 e. The highest BCUT2D eigenvalue weighted by Gasteiger charge is 2.14. The Morgan fingerprint density at radius 3 is 2.76 bits per heavy atom. The molecule has 0 unspecified atom stereocenters. The lowest BCUT2D eigenvalue weighted by atomic mass is 10.1. The Morgan fingerprint density at radius 2 is 2.12 bits per heavy atom. The molecule has 1 saturated carbocycles. The summed E-state index contributed by atoms with van der Waals surface area (Å²) < 4.78 is 0. The van der Waals surface area contributed by atoms with Gasteiger partial charge in [0.15, 0.2) is 0 Å². The Hall–Kier alpha value is -0.940. The van der Waals surface area contributed by atoms with Crippen molar-refractivity contribution < 1.29 is 0 Å². The molecule has 1 aromatic carbocycles. The van der Waals surface area contributed by atoms with Crippen LogP contribution in [0.15, 0.2) is 18.2 Å². The standard InChI is InChI=1S/C15H19NS/c1-12-8-14(9-16)6-7-15(12)11-17-10-13-4-2-3-5-13/h6-8,13H,2-5,10-11H2,1H3. The predicted octanol–water partition coefficient (Wildman–Crippen LogP) is 4.29. The van der Waals surface area contributed by atoms with Crippen LogP contribution >= 0.6 is 11.8 Å². The highest BCUT2D eigenvalue weighted by Crippen LogP contribution is 2.29. The van der Waals surface area contributed by atoms with Crippen molar-refractivity contribution in [1.82, 2.24) is 0 Å². The number of nitriles is 1. The summed E-state index contributed by atoms with van der Waals surface area (Å²) in [5, 5.41) is 8.82. The van der Waals surface area contributed by atoms with Crippen molar-refractivity contribution in [2.24, 2.45) is 5.92 Å². The summed E-state index contributed by atoms with van der Waals surface area (Å²) in [6.07, 6.45) is 5.72. The number of nitrogens with zero attached hydrogens (tertiary/aromatic N) is 1. The summed E-state index contributed by atoms with van der Waals surface area (Å²) in [7, 11) is 0. The van der Waals surface area contributed by atoms with Crippen LogP contribution in [0.4, 0.5) is 0 Å². The Morgan fingerprint density at radius 1 is 1.35 bits per heavy atom. The number of hydrogen-bond acceptors (Lipinski definition) is 2. The lowest BCUT2D eigenvalue weighted by Gasteiger charge is -2.09. The summed E-state index contributed by atoms with van der Waals surface area (Å²) in [4.78, 5) is 0. The van der Waals surface area contributed by atoms with Gasteiger partial charge in [0, 0.05) is 5.75 Å². The van der Waals surface area contributed by atoms with Crippen LogP contribution in [0.5, 0.6) is 0 Å². The molecule has 2 rings (SSSR count). The van der Waals surface area contributed by atoms with E-state index in [4.69, 9.17) is 5.26 Å². The molecule has 0 heterocycles. The number of rotatable bonds is 4. The van der Waals surface area contributed by atoms with Gasteiger partial charge in [-0.15, -0.1) is 0 Å². The first-order valence-electron chi connectivity index (χ1n) is 6.37. The summed E-state index contributed by atoms with van der Waals surface area (Å²) >= 11 is 2.05. The second-order valence-corrected chi connectivity index (χ2v) is 5.95. The zero-order valence-electron chi connectivity index (χ0n) is 10.4. The molecule has 1 nitrogen and oxygen atoms in total. The molecule has 0 aliphatic heterocycles. The van der Waals surface area contributed by atoms with E-state index in [-0.39, 0.29) is 0 Å². The summed E-state index contributed by atoms with van der Waals surface area (Å²) in [6.45, 7) is 2.10. The van der Waals surface area contributed by atoms with Crippen LogP contribution in [0.25, 0.3) is 0 Å². The van der Waals surface area contributed by atoms with E-state index in [1.165, 1.54) is 42.6 Å². The molecule has 0 radical (unpaired) electrons. The van der Waals surface area contributed by atoms with Crippen LogP contribution in [-0.4, -0.2) is 5.75 Å². The third-order valence-corrected chi connectivity index (χ3v) is 4.78. The van der Waals surface area contributed by atoms with Gasteiger partial charge in [-0.25, -0.2) is 0 Å². The first kappa shape index (κ1) is 12.5. The fraction of sp³-hybridized carbons (Fsp3) is 0.533. The van der Waals surface area contributed by atoms with Gasteiger partial charge in [0.2, 0.25) is 0 Å². The predicted molar refractivity (Wildman–Crippen MR) is 74.0 cm³/mol. The molecule has 2 heteroatoms. The van der Waals surface area contributed by atoms with E-state index in [9.17, 15) is 0 Å². The highest BCUT2D eigenvalue weighted by molar-refractivity contribution is 7.98. The molecule has 1 aliphatic carbocycles. The summed E-state index contributed by atoms with van der Waals surface area (Å²) in [6, 6.07) is 8.22. The molecule has 17 heavy (non-hydrogen) atoms. The van der Waals surface area contributed by atoms with Gasteiger partial charge in [-0.05, 0) is 54.7 Å². The highest BCUT2D eigenvalue weighted by atomic mass is 32.2. The molecular formula is C15H19NS. The Labute approximate surface area is 108 Å². The Kier molecular flexibility index (Phi) is 4.50. The van der Waals surface area contributed by atoms with Gasteiger partial charge in [-0.3, -0.25) is 0 Å². The Balaban J connectivity index is 1.84. The first-order valence-corrected chi connectivity index (χ1v) is 7.52. The first-order chi connectivity index (χ1) is 8.29. The molecule has 0 atom stereocenters. The van der Waals surface area contributed by atoms with Crippen LogP contribution in [0, 0.1) is 24.2 Å². The number of aryl methyl sites for hydroxylation is 1. The van der Waals surface area contributed by atoms with Crippen molar-refractivity contribution >= 4 is 11.8 Å². The minimum absolute atomic E-state index is 0.770. The minimum atomic E-state index is 0.770.